The monoisotopic (exact) mass is 271 g/mol. The molecule has 1 unspecified atom stereocenters. The van der Waals surface area contributed by atoms with Crippen molar-refractivity contribution in [3.63, 3.8) is 0 Å². The standard InChI is InChI=1S/C14H26ClN3/c1-6-16-13(10(2)3)9-7-8-12-11(4)17-18(5)14(12)15/h10,13,16H,6-9H2,1-5H3. The Balaban J connectivity index is 2.50. The van der Waals surface area contributed by atoms with Gasteiger partial charge in [-0.3, -0.25) is 4.68 Å². The van der Waals surface area contributed by atoms with Gasteiger partial charge in [-0.15, -0.1) is 0 Å². The van der Waals surface area contributed by atoms with Crippen LogP contribution in [-0.2, 0) is 13.5 Å². The minimum atomic E-state index is 0.603. The van der Waals surface area contributed by atoms with Crippen molar-refractivity contribution in [2.75, 3.05) is 6.54 Å². The Morgan fingerprint density at radius 3 is 2.50 bits per heavy atom. The molecule has 18 heavy (non-hydrogen) atoms. The molecule has 3 nitrogen and oxygen atoms in total. The smallest absolute Gasteiger partial charge is 0.130 e. The second kappa shape index (κ2) is 7.15. The number of aryl methyl sites for hydroxylation is 2. The van der Waals surface area contributed by atoms with Gasteiger partial charge in [0.25, 0.3) is 0 Å². The highest BCUT2D eigenvalue weighted by atomic mass is 35.5. The molecule has 1 atom stereocenters. The molecule has 4 heteroatoms. The molecular formula is C14H26ClN3. The molecule has 1 rings (SSSR count). The van der Waals surface area contributed by atoms with Gasteiger partial charge in [0, 0.05) is 18.7 Å². The molecule has 104 valence electrons. The van der Waals surface area contributed by atoms with E-state index >= 15 is 0 Å². The first-order valence-corrected chi connectivity index (χ1v) is 7.26. The van der Waals surface area contributed by atoms with E-state index in [-0.39, 0.29) is 0 Å². The van der Waals surface area contributed by atoms with E-state index in [2.05, 4.69) is 31.2 Å². The van der Waals surface area contributed by atoms with Crippen molar-refractivity contribution in [2.24, 2.45) is 13.0 Å². The van der Waals surface area contributed by atoms with Crippen molar-refractivity contribution in [2.45, 2.75) is 53.0 Å². The normalized spacial score (nSPS) is 13.3. The lowest BCUT2D eigenvalue weighted by atomic mass is 9.97. The molecule has 0 saturated heterocycles. The lowest BCUT2D eigenvalue weighted by Gasteiger charge is -2.21. The maximum atomic E-state index is 6.24. The molecule has 0 radical (unpaired) electrons. The second-order valence-corrected chi connectivity index (χ2v) is 5.64. The molecule has 0 aliphatic carbocycles. The number of rotatable bonds is 7. The zero-order valence-electron chi connectivity index (χ0n) is 12.3. The zero-order chi connectivity index (χ0) is 13.7. The van der Waals surface area contributed by atoms with E-state index in [1.54, 1.807) is 4.68 Å². The van der Waals surface area contributed by atoms with Gasteiger partial charge in [-0.1, -0.05) is 32.4 Å². The van der Waals surface area contributed by atoms with Crippen molar-refractivity contribution in [1.29, 1.82) is 0 Å². The minimum absolute atomic E-state index is 0.603. The first-order chi connectivity index (χ1) is 8.47. The summed E-state index contributed by atoms with van der Waals surface area (Å²) in [6, 6.07) is 0.603. The summed E-state index contributed by atoms with van der Waals surface area (Å²) in [5.74, 6) is 0.676. The molecule has 0 aromatic carbocycles. The Bertz CT molecular complexity index is 371. The van der Waals surface area contributed by atoms with E-state index in [0.717, 1.165) is 30.2 Å². The van der Waals surface area contributed by atoms with Crippen LogP contribution >= 0.6 is 11.6 Å². The van der Waals surface area contributed by atoms with Crippen LogP contribution in [0.25, 0.3) is 0 Å². The third-order valence-corrected chi connectivity index (χ3v) is 3.96. The van der Waals surface area contributed by atoms with Crippen LogP contribution < -0.4 is 5.32 Å². The number of hydrogen-bond acceptors (Lipinski definition) is 2. The van der Waals surface area contributed by atoms with E-state index < -0.39 is 0 Å². The molecule has 1 aromatic heterocycles. The predicted octanol–water partition coefficient (Wildman–Crippen LogP) is 3.34. The van der Waals surface area contributed by atoms with Crippen LogP contribution in [-0.4, -0.2) is 22.4 Å². The summed E-state index contributed by atoms with van der Waals surface area (Å²) in [4.78, 5) is 0. The van der Waals surface area contributed by atoms with Crippen molar-refractivity contribution in [3.05, 3.63) is 16.4 Å². The van der Waals surface area contributed by atoms with Crippen molar-refractivity contribution < 1.29 is 0 Å². The predicted molar refractivity (Wildman–Crippen MR) is 78.2 cm³/mol. The Morgan fingerprint density at radius 2 is 2.06 bits per heavy atom. The van der Waals surface area contributed by atoms with E-state index in [9.17, 15) is 0 Å². The van der Waals surface area contributed by atoms with Gasteiger partial charge in [0.2, 0.25) is 0 Å². The highest BCUT2D eigenvalue weighted by Crippen LogP contribution is 2.21. The van der Waals surface area contributed by atoms with Crippen LogP contribution in [0.3, 0.4) is 0 Å². The zero-order valence-corrected chi connectivity index (χ0v) is 13.0. The van der Waals surface area contributed by atoms with Crippen molar-refractivity contribution >= 4 is 11.6 Å². The Morgan fingerprint density at radius 1 is 1.39 bits per heavy atom. The second-order valence-electron chi connectivity index (χ2n) is 5.28. The van der Waals surface area contributed by atoms with Gasteiger partial charge < -0.3 is 5.32 Å². The fourth-order valence-corrected chi connectivity index (χ4v) is 2.66. The fourth-order valence-electron chi connectivity index (χ4n) is 2.39. The van der Waals surface area contributed by atoms with Gasteiger partial charge in [0.05, 0.1) is 5.69 Å². The molecular weight excluding hydrogens is 246 g/mol. The first kappa shape index (κ1) is 15.5. The lowest BCUT2D eigenvalue weighted by Crippen LogP contribution is -2.33. The number of halogens is 1. The van der Waals surface area contributed by atoms with Gasteiger partial charge in [-0.2, -0.15) is 5.10 Å². The van der Waals surface area contributed by atoms with Gasteiger partial charge >= 0.3 is 0 Å². The van der Waals surface area contributed by atoms with Crippen molar-refractivity contribution in [1.82, 2.24) is 15.1 Å². The molecule has 0 aliphatic heterocycles. The maximum Gasteiger partial charge on any atom is 0.130 e. The van der Waals surface area contributed by atoms with Crippen LogP contribution in [0.2, 0.25) is 5.15 Å². The first-order valence-electron chi connectivity index (χ1n) is 6.88. The third-order valence-electron chi connectivity index (χ3n) is 3.48. The summed E-state index contributed by atoms with van der Waals surface area (Å²) in [7, 11) is 1.90. The summed E-state index contributed by atoms with van der Waals surface area (Å²) in [6.07, 6.45) is 3.37. The molecule has 1 N–H and O–H groups in total. The SMILES string of the molecule is CCNC(CCCc1c(C)nn(C)c1Cl)C(C)C. The van der Waals surface area contributed by atoms with Crippen LogP contribution in [0.4, 0.5) is 0 Å². The highest BCUT2D eigenvalue weighted by molar-refractivity contribution is 6.30. The molecule has 0 amide bonds. The van der Waals surface area contributed by atoms with Crippen LogP contribution in [0, 0.1) is 12.8 Å². The van der Waals surface area contributed by atoms with E-state index in [4.69, 9.17) is 11.6 Å². The van der Waals surface area contributed by atoms with E-state index in [1.165, 1.54) is 12.0 Å². The summed E-state index contributed by atoms with van der Waals surface area (Å²) in [5.41, 5.74) is 2.27. The molecule has 0 spiro atoms. The average Bonchev–Trinajstić information content (AvgIpc) is 2.54. The van der Waals surface area contributed by atoms with Crippen LogP contribution in [0.5, 0.6) is 0 Å². The number of nitrogens with zero attached hydrogens (tertiary/aromatic N) is 2. The van der Waals surface area contributed by atoms with E-state index in [0.29, 0.717) is 12.0 Å². The topological polar surface area (TPSA) is 29.9 Å². The summed E-state index contributed by atoms with van der Waals surface area (Å²) in [6.45, 7) is 9.78. The molecule has 0 saturated carbocycles. The highest BCUT2D eigenvalue weighted by Gasteiger charge is 2.14. The molecule has 1 aromatic rings. The fraction of sp³-hybridized carbons (Fsp3) is 0.786. The summed E-state index contributed by atoms with van der Waals surface area (Å²) < 4.78 is 1.76. The van der Waals surface area contributed by atoms with Gasteiger partial charge in [-0.25, -0.2) is 0 Å². The average molecular weight is 272 g/mol. The maximum absolute atomic E-state index is 6.24. The third kappa shape index (κ3) is 3.99. The molecule has 1 heterocycles. The number of nitrogens with one attached hydrogen (secondary N) is 1. The molecule has 0 bridgehead atoms. The number of hydrogen-bond donors (Lipinski definition) is 1. The summed E-state index contributed by atoms with van der Waals surface area (Å²) >= 11 is 6.24. The van der Waals surface area contributed by atoms with Gasteiger partial charge in [-0.05, 0) is 38.6 Å². The van der Waals surface area contributed by atoms with E-state index in [1.807, 2.05) is 14.0 Å². The Kier molecular flexibility index (Phi) is 6.16. The minimum Gasteiger partial charge on any atom is -0.314 e. The lowest BCUT2D eigenvalue weighted by molar-refractivity contribution is 0.377. The summed E-state index contributed by atoms with van der Waals surface area (Å²) in [5, 5.41) is 8.69. The molecule has 0 aliphatic rings. The van der Waals surface area contributed by atoms with Crippen molar-refractivity contribution in [3.8, 4) is 0 Å². The Labute approximate surface area is 116 Å². The van der Waals surface area contributed by atoms with Crippen LogP contribution in [0.1, 0.15) is 44.9 Å². The quantitative estimate of drug-likeness (QED) is 0.824. The largest absolute Gasteiger partial charge is 0.314 e. The molecule has 0 fully saturated rings. The van der Waals surface area contributed by atoms with Gasteiger partial charge in [0.15, 0.2) is 0 Å². The van der Waals surface area contributed by atoms with Crippen LogP contribution in [0.15, 0.2) is 0 Å². The number of aromatic nitrogens is 2. The Hall–Kier alpha value is -0.540. The van der Waals surface area contributed by atoms with Gasteiger partial charge in [0.1, 0.15) is 5.15 Å².